The van der Waals surface area contributed by atoms with E-state index in [9.17, 15) is 14.9 Å². The average Bonchev–Trinajstić information content (AvgIpc) is 2.37. The van der Waals surface area contributed by atoms with Gasteiger partial charge in [-0.1, -0.05) is 6.92 Å². The van der Waals surface area contributed by atoms with Crippen LogP contribution in [-0.4, -0.2) is 23.9 Å². The molecule has 1 atom stereocenters. The van der Waals surface area contributed by atoms with Crippen LogP contribution in [0.4, 0.5) is 5.69 Å². The van der Waals surface area contributed by atoms with Crippen LogP contribution in [0.3, 0.4) is 0 Å². The van der Waals surface area contributed by atoms with E-state index < -0.39 is 11.0 Å². The van der Waals surface area contributed by atoms with E-state index in [1.165, 1.54) is 25.3 Å². The monoisotopic (exact) mass is 253 g/mol. The highest BCUT2D eigenvalue weighted by molar-refractivity contribution is 5.82. The van der Waals surface area contributed by atoms with Gasteiger partial charge in [0.15, 0.2) is 11.9 Å². The Balaban J connectivity index is 3.04. The molecule has 0 radical (unpaired) electrons. The molecule has 0 amide bonds. The standard InChI is InChI=1S/C12H15NO5/c1-4-11(14)8(2)18-12-7-9(17-3)5-6-10(12)13(15)16/h5-8H,4H2,1-3H3. The Morgan fingerprint density at radius 1 is 1.50 bits per heavy atom. The van der Waals surface area contributed by atoms with E-state index in [1.807, 2.05) is 0 Å². The van der Waals surface area contributed by atoms with Gasteiger partial charge in [-0.2, -0.15) is 0 Å². The number of carbonyl (C=O) groups is 1. The number of hydrogen-bond acceptors (Lipinski definition) is 5. The maximum Gasteiger partial charge on any atom is 0.311 e. The van der Waals surface area contributed by atoms with Gasteiger partial charge >= 0.3 is 5.69 Å². The molecule has 0 spiro atoms. The first-order valence-electron chi connectivity index (χ1n) is 5.51. The number of carbonyl (C=O) groups excluding carboxylic acids is 1. The van der Waals surface area contributed by atoms with Crippen molar-refractivity contribution in [2.45, 2.75) is 26.4 Å². The number of nitro benzene ring substituents is 1. The zero-order valence-electron chi connectivity index (χ0n) is 10.5. The summed E-state index contributed by atoms with van der Waals surface area (Å²) < 4.78 is 10.3. The molecule has 6 nitrogen and oxygen atoms in total. The number of benzene rings is 1. The molecular formula is C12H15NO5. The zero-order chi connectivity index (χ0) is 13.7. The van der Waals surface area contributed by atoms with Crippen LogP contribution in [-0.2, 0) is 4.79 Å². The number of Topliss-reactive ketones (excluding diaryl/α,β-unsaturated/α-hetero) is 1. The predicted molar refractivity (Wildman–Crippen MR) is 65.0 cm³/mol. The van der Waals surface area contributed by atoms with Crippen molar-refractivity contribution in [2.24, 2.45) is 0 Å². The van der Waals surface area contributed by atoms with Crippen molar-refractivity contribution in [3.05, 3.63) is 28.3 Å². The maximum atomic E-state index is 11.4. The Kier molecular flexibility index (Phi) is 4.65. The first-order chi connectivity index (χ1) is 8.49. The van der Waals surface area contributed by atoms with E-state index in [4.69, 9.17) is 9.47 Å². The highest BCUT2D eigenvalue weighted by atomic mass is 16.6. The third-order valence-corrected chi connectivity index (χ3v) is 2.47. The third kappa shape index (κ3) is 3.19. The van der Waals surface area contributed by atoms with E-state index in [2.05, 4.69) is 0 Å². The minimum absolute atomic E-state index is 0.0358. The lowest BCUT2D eigenvalue weighted by Gasteiger charge is -2.13. The second kappa shape index (κ2) is 6.00. The largest absolute Gasteiger partial charge is 0.497 e. The summed E-state index contributed by atoms with van der Waals surface area (Å²) in [6.45, 7) is 3.28. The number of methoxy groups -OCH3 is 1. The fraction of sp³-hybridized carbons (Fsp3) is 0.417. The summed E-state index contributed by atoms with van der Waals surface area (Å²) in [5.74, 6) is 0.354. The maximum absolute atomic E-state index is 11.4. The van der Waals surface area contributed by atoms with Crippen LogP contribution < -0.4 is 9.47 Å². The summed E-state index contributed by atoms with van der Waals surface area (Å²) in [6.07, 6.45) is -0.403. The molecule has 1 aromatic carbocycles. The Morgan fingerprint density at radius 2 is 2.17 bits per heavy atom. The van der Waals surface area contributed by atoms with Crippen molar-refractivity contribution in [2.75, 3.05) is 7.11 Å². The summed E-state index contributed by atoms with van der Waals surface area (Å²) >= 11 is 0. The SMILES string of the molecule is CCC(=O)C(C)Oc1cc(OC)ccc1[N+](=O)[O-]. The van der Waals surface area contributed by atoms with Crippen LogP contribution in [0.15, 0.2) is 18.2 Å². The van der Waals surface area contributed by atoms with Gasteiger partial charge < -0.3 is 9.47 Å². The smallest absolute Gasteiger partial charge is 0.311 e. The topological polar surface area (TPSA) is 78.7 Å². The van der Waals surface area contributed by atoms with Gasteiger partial charge in [0, 0.05) is 18.6 Å². The zero-order valence-corrected chi connectivity index (χ0v) is 10.5. The van der Waals surface area contributed by atoms with Gasteiger partial charge in [0.05, 0.1) is 12.0 Å². The average molecular weight is 253 g/mol. The molecular weight excluding hydrogens is 238 g/mol. The van der Waals surface area contributed by atoms with Gasteiger partial charge in [-0.05, 0) is 13.0 Å². The van der Waals surface area contributed by atoms with E-state index in [0.29, 0.717) is 12.2 Å². The lowest BCUT2D eigenvalue weighted by Crippen LogP contribution is -2.23. The second-order valence-corrected chi connectivity index (χ2v) is 3.67. The van der Waals surface area contributed by atoms with Crippen molar-refractivity contribution in [3.63, 3.8) is 0 Å². The van der Waals surface area contributed by atoms with Gasteiger partial charge in [0.2, 0.25) is 5.75 Å². The lowest BCUT2D eigenvalue weighted by atomic mass is 10.2. The molecule has 0 aliphatic carbocycles. The first kappa shape index (κ1) is 14.0. The van der Waals surface area contributed by atoms with Crippen LogP contribution in [0.1, 0.15) is 20.3 Å². The summed E-state index contributed by atoms with van der Waals surface area (Å²) in [7, 11) is 1.45. The molecule has 1 unspecified atom stereocenters. The number of rotatable bonds is 6. The molecule has 98 valence electrons. The van der Waals surface area contributed by atoms with Gasteiger partial charge in [0.1, 0.15) is 5.75 Å². The minimum atomic E-state index is -0.721. The molecule has 1 rings (SSSR count). The molecule has 0 aliphatic rings. The van der Waals surface area contributed by atoms with Crippen molar-refractivity contribution in [1.29, 1.82) is 0 Å². The summed E-state index contributed by atoms with van der Waals surface area (Å²) in [5.41, 5.74) is -0.188. The van der Waals surface area contributed by atoms with Crippen LogP contribution in [0.2, 0.25) is 0 Å². The highest BCUT2D eigenvalue weighted by Gasteiger charge is 2.20. The molecule has 0 aliphatic heterocycles. The molecule has 0 saturated heterocycles. The number of nitro groups is 1. The minimum Gasteiger partial charge on any atom is -0.497 e. The number of hydrogen-bond donors (Lipinski definition) is 0. The van der Waals surface area contributed by atoms with E-state index in [1.54, 1.807) is 13.8 Å². The highest BCUT2D eigenvalue weighted by Crippen LogP contribution is 2.31. The summed E-state index contributed by atoms with van der Waals surface area (Å²) in [4.78, 5) is 21.7. The molecule has 0 aromatic heterocycles. The Hall–Kier alpha value is -2.11. The predicted octanol–water partition coefficient (Wildman–Crippen LogP) is 2.35. The van der Waals surface area contributed by atoms with Crippen molar-refractivity contribution in [1.82, 2.24) is 0 Å². The second-order valence-electron chi connectivity index (χ2n) is 3.67. The fourth-order valence-corrected chi connectivity index (χ4v) is 1.41. The molecule has 1 aromatic rings. The van der Waals surface area contributed by atoms with Crippen LogP contribution in [0.25, 0.3) is 0 Å². The van der Waals surface area contributed by atoms with E-state index >= 15 is 0 Å². The molecule has 18 heavy (non-hydrogen) atoms. The van der Waals surface area contributed by atoms with Gasteiger partial charge in [-0.25, -0.2) is 0 Å². The van der Waals surface area contributed by atoms with Crippen LogP contribution in [0, 0.1) is 10.1 Å². The van der Waals surface area contributed by atoms with Crippen molar-refractivity contribution < 1.29 is 19.2 Å². The Morgan fingerprint density at radius 3 is 2.67 bits per heavy atom. The first-order valence-corrected chi connectivity index (χ1v) is 5.51. The summed E-state index contributed by atoms with van der Waals surface area (Å²) in [6, 6.07) is 4.16. The van der Waals surface area contributed by atoms with Crippen LogP contribution in [0.5, 0.6) is 11.5 Å². The van der Waals surface area contributed by atoms with E-state index in [0.717, 1.165) is 0 Å². The quantitative estimate of drug-likeness (QED) is 0.574. The molecule has 0 N–H and O–H groups in total. The molecule has 0 saturated carbocycles. The Labute approximate surface area is 105 Å². The molecule has 6 heteroatoms. The normalized spacial score (nSPS) is 11.7. The number of ether oxygens (including phenoxy) is 2. The molecule has 0 heterocycles. The molecule has 0 fully saturated rings. The lowest BCUT2D eigenvalue weighted by molar-refractivity contribution is -0.386. The van der Waals surface area contributed by atoms with E-state index in [-0.39, 0.29) is 17.2 Å². The fourth-order valence-electron chi connectivity index (χ4n) is 1.41. The van der Waals surface area contributed by atoms with Gasteiger partial charge in [0.25, 0.3) is 0 Å². The number of nitrogens with zero attached hydrogens (tertiary/aromatic N) is 1. The van der Waals surface area contributed by atoms with Crippen LogP contribution >= 0.6 is 0 Å². The summed E-state index contributed by atoms with van der Waals surface area (Å²) in [5, 5.41) is 10.8. The van der Waals surface area contributed by atoms with Gasteiger partial charge in [-0.15, -0.1) is 0 Å². The third-order valence-electron chi connectivity index (χ3n) is 2.47. The van der Waals surface area contributed by atoms with Gasteiger partial charge in [-0.3, -0.25) is 14.9 Å². The Bertz CT molecular complexity index is 458. The van der Waals surface area contributed by atoms with Crippen molar-refractivity contribution >= 4 is 11.5 Å². The van der Waals surface area contributed by atoms with Crippen molar-refractivity contribution in [3.8, 4) is 11.5 Å². The number of ketones is 1. The molecule has 0 bridgehead atoms.